The maximum absolute atomic E-state index is 11.6. The van der Waals surface area contributed by atoms with Gasteiger partial charge in [-0.25, -0.2) is 0 Å². The molecule has 1 aromatic rings. The SMILES string of the molecule is Cc1ccc(C2(C)OC(N)=NC2=O)cc1. The molecule has 1 unspecified atom stereocenters. The molecule has 1 atom stereocenters. The normalized spacial score (nSPS) is 24.9. The summed E-state index contributed by atoms with van der Waals surface area (Å²) in [6, 6.07) is 7.48. The van der Waals surface area contributed by atoms with E-state index in [1.807, 2.05) is 31.2 Å². The van der Waals surface area contributed by atoms with Crippen molar-refractivity contribution < 1.29 is 9.53 Å². The molecule has 2 rings (SSSR count). The van der Waals surface area contributed by atoms with E-state index in [2.05, 4.69) is 4.99 Å². The van der Waals surface area contributed by atoms with Crippen LogP contribution >= 0.6 is 0 Å². The lowest BCUT2D eigenvalue weighted by Gasteiger charge is -2.21. The Balaban J connectivity index is 2.40. The van der Waals surface area contributed by atoms with Gasteiger partial charge in [-0.2, -0.15) is 4.99 Å². The quantitative estimate of drug-likeness (QED) is 0.744. The van der Waals surface area contributed by atoms with Crippen molar-refractivity contribution >= 4 is 11.9 Å². The molecule has 1 aliphatic heterocycles. The van der Waals surface area contributed by atoms with Crippen molar-refractivity contribution in [2.45, 2.75) is 19.4 Å². The minimum Gasteiger partial charge on any atom is -0.444 e. The van der Waals surface area contributed by atoms with Gasteiger partial charge in [0.15, 0.2) is 0 Å². The Hall–Kier alpha value is -1.84. The van der Waals surface area contributed by atoms with Crippen LogP contribution in [0.5, 0.6) is 0 Å². The first-order chi connectivity index (χ1) is 7.02. The van der Waals surface area contributed by atoms with Crippen molar-refractivity contribution in [3.05, 3.63) is 35.4 Å². The number of amidine groups is 1. The Morgan fingerprint density at radius 1 is 1.33 bits per heavy atom. The molecule has 0 saturated heterocycles. The van der Waals surface area contributed by atoms with Gasteiger partial charge in [-0.1, -0.05) is 29.8 Å². The van der Waals surface area contributed by atoms with E-state index in [-0.39, 0.29) is 11.9 Å². The third kappa shape index (κ3) is 1.48. The summed E-state index contributed by atoms with van der Waals surface area (Å²) in [5.41, 5.74) is 6.21. The molecule has 0 saturated carbocycles. The zero-order valence-electron chi connectivity index (χ0n) is 8.65. The first-order valence-corrected chi connectivity index (χ1v) is 4.67. The molecular formula is C11H12N2O2. The number of aryl methyl sites for hydroxylation is 1. The van der Waals surface area contributed by atoms with Crippen molar-refractivity contribution in [3.63, 3.8) is 0 Å². The first kappa shape index (κ1) is 9.71. The highest BCUT2D eigenvalue weighted by molar-refractivity contribution is 6.01. The van der Waals surface area contributed by atoms with Crippen LogP contribution in [0.3, 0.4) is 0 Å². The van der Waals surface area contributed by atoms with Crippen LogP contribution in [-0.2, 0) is 15.1 Å². The number of hydrogen-bond donors (Lipinski definition) is 1. The van der Waals surface area contributed by atoms with Crippen LogP contribution in [0.1, 0.15) is 18.1 Å². The van der Waals surface area contributed by atoms with E-state index in [4.69, 9.17) is 10.5 Å². The number of hydrogen-bond acceptors (Lipinski definition) is 3. The topological polar surface area (TPSA) is 64.7 Å². The third-order valence-electron chi connectivity index (χ3n) is 2.53. The summed E-state index contributed by atoms with van der Waals surface area (Å²) in [7, 11) is 0. The predicted octanol–water partition coefficient (Wildman–Crippen LogP) is 1.08. The molecule has 0 fully saturated rings. The van der Waals surface area contributed by atoms with Crippen LogP contribution in [0.4, 0.5) is 0 Å². The van der Waals surface area contributed by atoms with E-state index in [1.54, 1.807) is 6.92 Å². The van der Waals surface area contributed by atoms with Gasteiger partial charge in [0, 0.05) is 5.56 Å². The van der Waals surface area contributed by atoms with Crippen molar-refractivity contribution in [2.75, 3.05) is 0 Å². The van der Waals surface area contributed by atoms with E-state index in [0.717, 1.165) is 11.1 Å². The van der Waals surface area contributed by atoms with E-state index < -0.39 is 5.60 Å². The van der Waals surface area contributed by atoms with E-state index >= 15 is 0 Å². The summed E-state index contributed by atoms with van der Waals surface area (Å²) in [6.45, 7) is 3.65. The zero-order chi connectivity index (χ0) is 11.1. The molecule has 1 amide bonds. The summed E-state index contributed by atoms with van der Waals surface area (Å²) in [5, 5.41) is 0. The van der Waals surface area contributed by atoms with E-state index in [9.17, 15) is 4.79 Å². The van der Waals surface area contributed by atoms with Crippen molar-refractivity contribution in [2.24, 2.45) is 10.7 Å². The average molecular weight is 204 g/mol. The van der Waals surface area contributed by atoms with Crippen LogP contribution < -0.4 is 5.73 Å². The molecule has 0 radical (unpaired) electrons. The molecule has 4 heteroatoms. The van der Waals surface area contributed by atoms with Gasteiger partial charge in [0.05, 0.1) is 0 Å². The van der Waals surface area contributed by atoms with Crippen molar-refractivity contribution in [3.8, 4) is 0 Å². The summed E-state index contributed by atoms with van der Waals surface area (Å²) in [4.78, 5) is 15.2. The molecule has 2 N–H and O–H groups in total. The molecule has 1 aliphatic rings. The number of nitrogens with two attached hydrogens (primary N) is 1. The van der Waals surface area contributed by atoms with Gasteiger partial charge < -0.3 is 10.5 Å². The Morgan fingerprint density at radius 2 is 1.93 bits per heavy atom. The average Bonchev–Trinajstić information content (AvgIpc) is 2.42. The van der Waals surface area contributed by atoms with E-state index in [1.165, 1.54) is 0 Å². The standard InChI is InChI=1S/C11H12N2O2/c1-7-3-5-8(6-4-7)11(2)9(14)13-10(12)15-11/h3-6H,1-2H3,(H2,12,13,14). The van der Waals surface area contributed by atoms with Gasteiger partial charge in [0.25, 0.3) is 11.9 Å². The highest BCUT2D eigenvalue weighted by atomic mass is 16.5. The lowest BCUT2D eigenvalue weighted by Crippen LogP contribution is -2.31. The van der Waals surface area contributed by atoms with Crippen LogP contribution in [0.25, 0.3) is 0 Å². The minimum atomic E-state index is -1.06. The highest BCUT2D eigenvalue weighted by Gasteiger charge is 2.43. The summed E-state index contributed by atoms with van der Waals surface area (Å²) in [6.07, 6.45) is 0. The fourth-order valence-corrected chi connectivity index (χ4v) is 1.54. The number of amides is 1. The van der Waals surface area contributed by atoms with Crippen molar-refractivity contribution in [1.82, 2.24) is 0 Å². The monoisotopic (exact) mass is 204 g/mol. The maximum Gasteiger partial charge on any atom is 0.298 e. The van der Waals surface area contributed by atoms with Gasteiger partial charge in [0.2, 0.25) is 5.60 Å². The Labute approximate surface area is 87.8 Å². The van der Waals surface area contributed by atoms with Gasteiger partial charge in [-0.15, -0.1) is 0 Å². The molecule has 1 heterocycles. The van der Waals surface area contributed by atoms with Crippen LogP contribution in [0, 0.1) is 6.92 Å². The third-order valence-corrected chi connectivity index (χ3v) is 2.53. The summed E-state index contributed by atoms with van der Waals surface area (Å²) >= 11 is 0. The number of nitrogens with zero attached hydrogens (tertiary/aromatic N) is 1. The van der Waals surface area contributed by atoms with Crippen LogP contribution in [-0.4, -0.2) is 11.9 Å². The number of rotatable bonds is 1. The van der Waals surface area contributed by atoms with Crippen molar-refractivity contribution in [1.29, 1.82) is 0 Å². The Bertz CT molecular complexity index is 436. The molecule has 15 heavy (non-hydrogen) atoms. The number of ether oxygens (including phenoxy) is 1. The molecular weight excluding hydrogens is 192 g/mol. The summed E-state index contributed by atoms with van der Waals surface area (Å²) in [5.74, 6) is -0.358. The largest absolute Gasteiger partial charge is 0.444 e. The smallest absolute Gasteiger partial charge is 0.298 e. The van der Waals surface area contributed by atoms with Gasteiger partial charge in [0.1, 0.15) is 0 Å². The molecule has 0 bridgehead atoms. The van der Waals surface area contributed by atoms with Gasteiger partial charge >= 0.3 is 0 Å². The van der Waals surface area contributed by atoms with Gasteiger partial charge in [-0.3, -0.25) is 4.79 Å². The second kappa shape index (κ2) is 3.08. The van der Waals surface area contributed by atoms with E-state index in [0.29, 0.717) is 0 Å². The first-order valence-electron chi connectivity index (χ1n) is 4.67. The highest BCUT2D eigenvalue weighted by Crippen LogP contribution is 2.30. The molecule has 0 aromatic heterocycles. The lowest BCUT2D eigenvalue weighted by atomic mass is 9.95. The van der Waals surface area contributed by atoms with Crippen LogP contribution in [0.15, 0.2) is 29.3 Å². The number of carbonyl (C=O) groups excluding carboxylic acids is 1. The Kier molecular flexibility index (Phi) is 2.00. The number of benzene rings is 1. The second-order valence-corrected chi connectivity index (χ2v) is 3.76. The fraction of sp³-hybridized carbons (Fsp3) is 0.273. The Morgan fingerprint density at radius 3 is 2.40 bits per heavy atom. The van der Waals surface area contributed by atoms with Crippen LogP contribution in [0.2, 0.25) is 0 Å². The second-order valence-electron chi connectivity index (χ2n) is 3.76. The number of aliphatic imine (C=N–C) groups is 1. The summed E-state index contributed by atoms with van der Waals surface area (Å²) < 4.78 is 5.27. The molecule has 78 valence electrons. The minimum absolute atomic E-state index is 0.0666. The van der Waals surface area contributed by atoms with Gasteiger partial charge in [-0.05, 0) is 13.8 Å². The molecule has 0 aliphatic carbocycles. The number of carbonyl (C=O) groups is 1. The maximum atomic E-state index is 11.6. The lowest BCUT2D eigenvalue weighted by molar-refractivity contribution is -0.130. The zero-order valence-corrected chi connectivity index (χ0v) is 8.65. The molecule has 0 spiro atoms. The fourth-order valence-electron chi connectivity index (χ4n) is 1.54. The predicted molar refractivity (Wildman–Crippen MR) is 56.2 cm³/mol. The molecule has 1 aromatic carbocycles. The molecule has 4 nitrogen and oxygen atoms in total.